The maximum absolute atomic E-state index is 5.84. The molecule has 0 aromatic carbocycles. The monoisotopic (exact) mass is 240 g/mol. The molecule has 4 nitrogen and oxygen atoms in total. The number of nitrogens with one attached hydrogen (secondary N) is 1. The lowest BCUT2D eigenvalue weighted by atomic mass is 10.0. The summed E-state index contributed by atoms with van der Waals surface area (Å²) in [6.45, 7) is 2.09. The predicted octanol–water partition coefficient (Wildman–Crippen LogP) is 1.71. The first-order valence-electron chi connectivity index (χ1n) is 5.68. The van der Waals surface area contributed by atoms with Crippen LogP contribution in [0.3, 0.4) is 0 Å². The zero-order chi connectivity index (χ0) is 11.4. The van der Waals surface area contributed by atoms with Crippen LogP contribution in [-0.4, -0.2) is 36.1 Å². The number of aromatic nitrogens is 2. The zero-order valence-corrected chi connectivity index (χ0v) is 10.2. The summed E-state index contributed by atoms with van der Waals surface area (Å²) in [5, 5.41) is 4.01. The highest BCUT2D eigenvalue weighted by atomic mass is 35.5. The van der Waals surface area contributed by atoms with Gasteiger partial charge < -0.3 is 10.2 Å². The van der Waals surface area contributed by atoms with Gasteiger partial charge in [-0.25, -0.2) is 9.97 Å². The van der Waals surface area contributed by atoms with Crippen LogP contribution < -0.4 is 10.2 Å². The maximum Gasteiger partial charge on any atom is 0.134 e. The van der Waals surface area contributed by atoms with Crippen molar-refractivity contribution in [2.75, 3.05) is 25.0 Å². The summed E-state index contributed by atoms with van der Waals surface area (Å²) in [7, 11) is 2.04. The molecule has 1 N–H and O–H groups in total. The molecule has 0 saturated carbocycles. The Morgan fingerprint density at radius 2 is 2.38 bits per heavy atom. The number of hydrogen-bond acceptors (Lipinski definition) is 4. The predicted molar refractivity (Wildman–Crippen MR) is 66.0 cm³/mol. The van der Waals surface area contributed by atoms with Gasteiger partial charge in [-0.3, -0.25) is 0 Å². The molecule has 16 heavy (non-hydrogen) atoms. The van der Waals surface area contributed by atoms with Gasteiger partial charge >= 0.3 is 0 Å². The van der Waals surface area contributed by atoms with Crippen LogP contribution >= 0.6 is 11.6 Å². The first kappa shape index (κ1) is 11.6. The van der Waals surface area contributed by atoms with Gasteiger partial charge in [-0.15, -0.1) is 0 Å². The van der Waals surface area contributed by atoms with Crippen molar-refractivity contribution < 1.29 is 0 Å². The lowest BCUT2D eigenvalue weighted by molar-refractivity contribution is 0.403. The summed E-state index contributed by atoms with van der Waals surface area (Å²) < 4.78 is 0. The van der Waals surface area contributed by atoms with Crippen LogP contribution in [-0.2, 0) is 0 Å². The largest absolute Gasteiger partial charge is 0.358 e. The Kier molecular flexibility index (Phi) is 3.96. The Hall–Kier alpha value is -0.870. The van der Waals surface area contributed by atoms with E-state index in [0.29, 0.717) is 11.2 Å². The molecule has 1 unspecified atom stereocenters. The molecule has 0 aliphatic carbocycles. The molecule has 1 aliphatic heterocycles. The van der Waals surface area contributed by atoms with Gasteiger partial charge in [-0.05, 0) is 19.4 Å². The molecule has 1 saturated heterocycles. The third-order valence-electron chi connectivity index (χ3n) is 2.92. The second-order valence-corrected chi connectivity index (χ2v) is 4.61. The number of rotatable bonds is 3. The number of likely N-dealkylation sites (N-methyl/N-ethyl adjacent to an activating group) is 1. The topological polar surface area (TPSA) is 41.0 Å². The van der Waals surface area contributed by atoms with E-state index in [0.717, 1.165) is 18.9 Å². The van der Waals surface area contributed by atoms with Crippen molar-refractivity contribution in [1.29, 1.82) is 0 Å². The number of halogens is 1. The SMILES string of the molecule is CN(CC1CCCCN1)c1cc(Cl)ncn1. The summed E-state index contributed by atoms with van der Waals surface area (Å²) in [6.07, 6.45) is 5.35. The molecule has 1 aromatic heterocycles. The van der Waals surface area contributed by atoms with Crippen LogP contribution in [0.15, 0.2) is 12.4 Å². The van der Waals surface area contributed by atoms with Gasteiger partial charge in [0.15, 0.2) is 0 Å². The molecule has 0 radical (unpaired) electrons. The summed E-state index contributed by atoms with van der Waals surface area (Å²) in [5.41, 5.74) is 0. The standard InChI is InChI=1S/C11H17ClN4/c1-16(7-9-4-2-3-5-13-9)11-6-10(12)14-8-15-11/h6,8-9,13H,2-5,7H2,1H3. The molecule has 1 aromatic rings. The van der Waals surface area contributed by atoms with Crippen LogP contribution in [0.2, 0.25) is 5.15 Å². The van der Waals surface area contributed by atoms with Gasteiger partial charge in [0.1, 0.15) is 17.3 Å². The molecular weight excluding hydrogens is 224 g/mol. The fraction of sp³-hybridized carbons (Fsp3) is 0.636. The third kappa shape index (κ3) is 3.06. The van der Waals surface area contributed by atoms with Crippen molar-refractivity contribution in [3.05, 3.63) is 17.5 Å². The lowest BCUT2D eigenvalue weighted by Gasteiger charge is -2.28. The summed E-state index contributed by atoms with van der Waals surface area (Å²) >= 11 is 5.84. The molecular formula is C11H17ClN4. The minimum absolute atomic E-state index is 0.494. The molecule has 1 atom stereocenters. The molecule has 1 aliphatic rings. The summed E-state index contributed by atoms with van der Waals surface area (Å²) in [4.78, 5) is 10.2. The molecule has 0 spiro atoms. The highest BCUT2D eigenvalue weighted by molar-refractivity contribution is 6.29. The highest BCUT2D eigenvalue weighted by Gasteiger charge is 2.15. The quantitative estimate of drug-likeness (QED) is 0.817. The number of anilines is 1. The molecule has 1 fully saturated rings. The van der Waals surface area contributed by atoms with E-state index in [9.17, 15) is 0 Å². The first-order valence-corrected chi connectivity index (χ1v) is 6.05. The maximum atomic E-state index is 5.84. The second-order valence-electron chi connectivity index (χ2n) is 4.23. The van der Waals surface area contributed by atoms with E-state index in [2.05, 4.69) is 20.2 Å². The van der Waals surface area contributed by atoms with Crippen LogP contribution in [0, 0.1) is 0 Å². The van der Waals surface area contributed by atoms with Crippen LogP contribution in [0.5, 0.6) is 0 Å². The van der Waals surface area contributed by atoms with E-state index in [4.69, 9.17) is 11.6 Å². The van der Waals surface area contributed by atoms with Crippen molar-refractivity contribution in [1.82, 2.24) is 15.3 Å². The van der Waals surface area contributed by atoms with Gasteiger partial charge in [0.25, 0.3) is 0 Å². The van der Waals surface area contributed by atoms with E-state index >= 15 is 0 Å². The molecule has 5 heteroatoms. The highest BCUT2D eigenvalue weighted by Crippen LogP contribution is 2.15. The lowest BCUT2D eigenvalue weighted by Crippen LogP contribution is -2.42. The fourth-order valence-electron chi connectivity index (χ4n) is 2.04. The number of nitrogens with zero attached hydrogens (tertiary/aromatic N) is 3. The van der Waals surface area contributed by atoms with Crippen molar-refractivity contribution in [3.63, 3.8) is 0 Å². The Morgan fingerprint density at radius 3 is 3.06 bits per heavy atom. The fourth-order valence-corrected chi connectivity index (χ4v) is 2.18. The van der Waals surface area contributed by atoms with Gasteiger partial charge in [0, 0.05) is 25.7 Å². The normalized spacial score (nSPS) is 20.8. The van der Waals surface area contributed by atoms with Gasteiger partial charge in [0.2, 0.25) is 0 Å². The van der Waals surface area contributed by atoms with E-state index in [1.54, 1.807) is 6.07 Å². The van der Waals surface area contributed by atoms with E-state index in [1.165, 1.54) is 25.6 Å². The Bertz CT molecular complexity index is 339. The minimum atomic E-state index is 0.494. The third-order valence-corrected chi connectivity index (χ3v) is 3.12. The molecule has 0 amide bonds. The second kappa shape index (κ2) is 5.46. The Labute approximate surface area is 101 Å². The summed E-state index contributed by atoms with van der Waals surface area (Å²) in [6, 6.07) is 2.36. The average Bonchev–Trinajstić information content (AvgIpc) is 2.30. The van der Waals surface area contributed by atoms with Crippen molar-refractivity contribution in [2.45, 2.75) is 25.3 Å². The smallest absolute Gasteiger partial charge is 0.134 e. The van der Waals surface area contributed by atoms with Gasteiger partial charge in [0.05, 0.1) is 0 Å². The van der Waals surface area contributed by atoms with Crippen LogP contribution in [0.1, 0.15) is 19.3 Å². The van der Waals surface area contributed by atoms with E-state index in [1.807, 2.05) is 7.05 Å². The van der Waals surface area contributed by atoms with Crippen molar-refractivity contribution in [2.24, 2.45) is 0 Å². The Balaban J connectivity index is 1.94. The molecule has 88 valence electrons. The van der Waals surface area contributed by atoms with Crippen LogP contribution in [0.25, 0.3) is 0 Å². The van der Waals surface area contributed by atoms with Gasteiger partial charge in [-0.1, -0.05) is 18.0 Å². The van der Waals surface area contributed by atoms with Crippen LogP contribution in [0.4, 0.5) is 5.82 Å². The summed E-state index contributed by atoms with van der Waals surface area (Å²) in [5.74, 6) is 0.882. The Morgan fingerprint density at radius 1 is 1.50 bits per heavy atom. The van der Waals surface area contributed by atoms with Crippen molar-refractivity contribution >= 4 is 17.4 Å². The number of hydrogen-bond donors (Lipinski definition) is 1. The van der Waals surface area contributed by atoms with Gasteiger partial charge in [-0.2, -0.15) is 0 Å². The van der Waals surface area contributed by atoms with Crippen molar-refractivity contribution in [3.8, 4) is 0 Å². The minimum Gasteiger partial charge on any atom is -0.358 e. The van der Waals surface area contributed by atoms with E-state index in [-0.39, 0.29) is 0 Å². The first-order chi connectivity index (χ1) is 7.75. The molecule has 2 rings (SSSR count). The molecule has 0 bridgehead atoms. The van der Waals surface area contributed by atoms with E-state index < -0.39 is 0 Å². The zero-order valence-electron chi connectivity index (χ0n) is 9.49. The molecule has 2 heterocycles. The number of piperidine rings is 1. The average molecular weight is 241 g/mol.